The van der Waals surface area contributed by atoms with Gasteiger partial charge in [-0.2, -0.15) is 0 Å². The quantitative estimate of drug-likeness (QED) is 0.507. The van der Waals surface area contributed by atoms with Crippen molar-refractivity contribution in [3.8, 4) is 0 Å². The van der Waals surface area contributed by atoms with Crippen molar-refractivity contribution in [2.45, 2.75) is 53.1 Å². The predicted molar refractivity (Wildman–Crippen MR) is 132 cm³/mol. The molecule has 2 aromatic rings. The number of amides is 2. The Hall–Kier alpha value is -2.87. The van der Waals surface area contributed by atoms with Crippen LogP contribution in [-0.4, -0.2) is 50.5 Å². The molecule has 2 amide bonds. The van der Waals surface area contributed by atoms with Gasteiger partial charge in [0.1, 0.15) is 12.6 Å². The summed E-state index contributed by atoms with van der Waals surface area (Å²) >= 11 is 0. The highest BCUT2D eigenvalue weighted by atomic mass is 32.2. The number of carbonyl (C=O) groups excluding carboxylic acids is 2. The van der Waals surface area contributed by atoms with Crippen LogP contribution in [-0.2, 0) is 26.2 Å². The van der Waals surface area contributed by atoms with E-state index in [1.807, 2.05) is 57.2 Å². The number of hydrogen-bond acceptors (Lipinski definition) is 4. The number of carbonyl (C=O) groups is 2. The van der Waals surface area contributed by atoms with Crippen molar-refractivity contribution in [2.24, 2.45) is 0 Å². The molecule has 0 saturated carbocycles. The molecule has 0 aliphatic heterocycles. The van der Waals surface area contributed by atoms with E-state index in [0.29, 0.717) is 12.2 Å². The molecule has 0 radical (unpaired) electrons. The largest absolute Gasteiger partial charge is 0.354 e. The fourth-order valence-corrected chi connectivity index (χ4v) is 4.40. The molecule has 0 fully saturated rings. The molecule has 33 heavy (non-hydrogen) atoms. The zero-order valence-corrected chi connectivity index (χ0v) is 21.0. The number of hydrogen-bond donors (Lipinski definition) is 1. The van der Waals surface area contributed by atoms with E-state index in [1.165, 1.54) is 4.90 Å². The second-order valence-corrected chi connectivity index (χ2v) is 10.2. The Morgan fingerprint density at radius 3 is 2.30 bits per heavy atom. The third kappa shape index (κ3) is 7.32. The van der Waals surface area contributed by atoms with Gasteiger partial charge in [-0.25, -0.2) is 8.42 Å². The van der Waals surface area contributed by atoms with Gasteiger partial charge in [0.25, 0.3) is 0 Å². The molecular weight excluding hydrogens is 438 g/mol. The second kappa shape index (κ2) is 11.8. The molecule has 0 heterocycles. The Morgan fingerprint density at radius 1 is 1.03 bits per heavy atom. The maximum Gasteiger partial charge on any atom is 0.244 e. The summed E-state index contributed by atoms with van der Waals surface area (Å²) in [5.41, 5.74) is 3.04. The lowest BCUT2D eigenvalue weighted by molar-refractivity contribution is -0.139. The van der Waals surface area contributed by atoms with Gasteiger partial charge in [-0.3, -0.25) is 13.9 Å². The highest BCUT2D eigenvalue weighted by Gasteiger charge is 2.30. The first-order valence-corrected chi connectivity index (χ1v) is 13.1. The Bertz CT molecular complexity index is 1050. The number of nitrogens with zero attached hydrogens (tertiary/aromatic N) is 2. The van der Waals surface area contributed by atoms with Crippen LogP contribution in [0, 0.1) is 13.8 Å². The van der Waals surface area contributed by atoms with Crippen molar-refractivity contribution in [3.63, 3.8) is 0 Å². The van der Waals surface area contributed by atoms with E-state index >= 15 is 0 Å². The van der Waals surface area contributed by atoms with Crippen LogP contribution in [0.15, 0.2) is 48.5 Å². The Kier molecular flexibility index (Phi) is 9.46. The van der Waals surface area contributed by atoms with Gasteiger partial charge in [-0.1, -0.05) is 55.8 Å². The molecule has 1 N–H and O–H groups in total. The van der Waals surface area contributed by atoms with E-state index in [9.17, 15) is 18.0 Å². The van der Waals surface area contributed by atoms with Crippen LogP contribution in [0.5, 0.6) is 0 Å². The van der Waals surface area contributed by atoms with Crippen molar-refractivity contribution in [2.75, 3.05) is 23.7 Å². The molecule has 0 unspecified atom stereocenters. The van der Waals surface area contributed by atoms with E-state index in [4.69, 9.17) is 0 Å². The van der Waals surface area contributed by atoms with Crippen LogP contribution in [0.3, 0.4) is 0 Å². The van der Waals surface area contributed by atoms with Gasteiger partial charge < -0.3 is 10.2 Å². The van der Waals surface area contributed by atoms with E-state index in [1.54, 1.807) is 19.1 Å². The number of anilines is 1. The van der Waals surface area contributed by atoms with Crippen LogP contribution in [0.4, 0.5) is 5.69 Å². The Labute approximate surface area is 197 Å². The van der Waals surface area contributed by atoms with Gasteiger partial charge in [0, 0.05) is 13.1 Å². The maximum absolute atomic E-state index is 13.5. The molecule has 0 saturated heterocycles. The monoisotopic (exact) mass is 473 g/mol. The van der Waals surface area contributed by atoms with E-state index in [-0.39, 0.29) is 19.0 Å². The van der Waals surface area contributed by atoms with Crippen LogP contribution in [0.2, 0.25) is 0 Å². The van der Waals surface area contributed by atoms with Crippen LogP contribution in [0.25, 0.3) is 0 Å². The molecule has 0 aliphatic rings. The first-order valence-electron chi connectivity index (χ1n) is 11.2. The fraction of sp³-hybridized carbons (Fsp3) is 0.440. The summed E-state index contributed by atoms with van der Waals surface area (Å²) in [5, 5.41) is 2.87. The van der Waals surface area contributed by atoms with Crippen molar-refractivity contribution in [1.29, 1.82) is 0 Å². The van der Waals surface area contributed by atoms with E-state index < -0.39 is 22.0 Å². The topological polar surface area (TPSA) is 86.8 Å². The first kappa shape index (κ1) is 26.4. The number of rotatable bonds is 11. The maximum atomic E-state index is 13.5. The smallest absolute Gasteiger partial charge is 0.244 e. The third-order valence-electron chi connectivity index (χ3n) is 5.72. The summed E-state index contributed by atoms with van der Waals surface area (Å²) in [5.74, 6) is -0.700. The van der Waals surface area contributed by atoms with Crippen molar-refractivity contribution in [3.05, 3.63) is 65.2 Å². The summed E-state index contributed by atoms with van der Waals surface area (Å²) in [7, 11) is -3.74. The summed E-state index contributed by atoms with van der Waals surface area (Å²) in [6, 6.07) is 14.0. The van der Waals surface area contributed by atoms with Gasteiger partial charge in [0.15, 0.2) is 0 Å². The highest BCUT2D eigenvalue weighted by molar-refractivity contribution is 7.92. The summed E-state index contributed by atoms with van der Waals surface area (Å²) < 4.78 is 26.5. The normalized spacial score (nSPS) is 12.2. The third-order valence-corrected chi connectivity index (χ3v) is 6.84. The van der Waals surface area contributed by atoms with E-state index in [0.717, 1.165) is 40.1 Å². The zero-order chi connectivity index (χ0) is 24.6. The molecule has 2 rings (SSSR count). The lowest BCUT2D eigenvalue weighted by atomic mass is 10.1. The van der Waals surface area contributed by atoms with Crippen molar-refractivity contribution in [1.82, 2.24) is 10.2 Å². The number of aryl methyl sites for hydroxylation is 1. The van der Waals surface area contributed by atoms with Crippen molar-refractivity contribution < 1.29 is 18.0 Å². The number of sulfonamides is 1. The molecule has 0 aromatic heterocycles. The molecule has 8 heteroatoms. The number of benzene rings is 2. The van der Waals surface area contributed by atoms with Crippen LogP contribution >= 0.6 is 0 Å². The zero-order valence-electron chi connectivity index (χ0n) is 20.2. The highest BCUT2D eigenvalue weighted by Crippen LogP contribution is 2.25. The average Bonchev–Trinajstić information content (AvgIpc) is 2.77. The molecule has 1 atom stereocenters. The molecule has 0 bridgehead atoms. The number of unbranched alkanes of at least 4 members (excludes halogenated alkanes) is 1. The standard InChI is InChI=1S/C25H35N3O4S/c1-6-7-16-26-25(30)21(4)27(17-22-13-9-8-10-14-22)24(29)18-28(33(5,31)32)23-15-11-12-19(2)20(23)3/h8-15,21H,6-7,16-18H2,1-5H3,(H,26,30)/t21-/m0/s1. The molecule has 0 aliphatic carbocycles. The Morgan fingerprint density at radius 2 is 1.70 bits per heavy atom. The Balaban J connectivity index is 2.36. The minimum Gasteiger partial charge on any atom is -0.354 e. The van der Waals surface area contributed by atoms with Crippen molar-refractivity contribution >= 4 is 27.5 Å². The average molecular weight is 474 g/mol. The first-order chi connectivity index (χ1) is 15.6. The minimum absolute atomic E-state index is 0.201. The van der Waals surface area contributed by atoms with Gasteiger partial charge >= 0.3 is 0 Å². The fourth-order valence-electron chi connectivity index (χ4n) is 3.50. The van der Waals surface area contributed by atoms with Gasteiger partial charge in [0.05, 0.1) is 11.9 Å². The van der Waals surface area contributed by atoms with Gasteiger partial charge in [0.2, 0.25) is 21.8 Å². The lowest BCUT2D eigenvalue weighted by Crippen LogP contribution is -2.51. The molecule has 180 valence electrons. The lowest BCUT2D eigenvalue weighted by Gasteiger charge is -2.32. The van der Waals surface area contributed by atoms with Crippen LogP contribution in [0.1, 0.15) is 43.4 Å². The minimum atomic E-state index is -3.74. The summed E-state index contributed by atoms with van der Waals surface area (Å²) in [4.78, 5) is 27.7. The SMILES string of the molecule is CCCCNC(=O)[C@H](C)N(Cc1ccccc1)C(=O)CN(c1cccc(C)c1C)S(C)(=O)=O. The molecule has 0 spiro atoms. The van der Waals surface area contributed by atoms with Gasteiger partial charge in [-0.15, -0.1) is 0 Å². The van der Waals surface area contributed by atoms with E-state index in [2.05, 4.69) is 5.32 Å². The van der Waals surface area contributed by atoms with Crippen LogP contribution < -0.4 is 9.62 Å². The summed E-state index contributed by atoms with van der Waals surface area (Å²) in [6.07, 6.45) is 2.88. The van der Waals surface area contributed by atoms with Gasteiger partial charge in [-0.05, 0) is 49.9 Å². The molecular formula is C25H35N3O4S. The molecule has 7 nitrogen and oxygen atoms in total. The molecule has 2 aromatic carbocycles. The number of nitrogens with one attached hydrogen (secondary N) is 1. The summed E-state index contributed by atoms with van der Waals surface area (Å²) in [6.45, 7) is 7.78. The second-order valence-electron chi connectivity index (χ2n) is 8.32. The predicted octanol–water partition coefficient (Wildman–Crippen LogP) is 3.40.